The molecule has 0 amide bonds. The minimum absolute atomic E-state index is 0. The Morgan fingerprint density at radius 2 is 1.96 bits per heavy atom. The maximum Gasteiger partial charge on any atom is 0.351 e. The molecule has 0 aliphatic heterocycles. The zero-order chi connectivity index (χ0) is 16.4. The first-order valence-electron chi connectivity index (χ1n) is 6.81. The molecule has 2 N–H and O–H groups in total. The van der Waals surface area contributed by atoms with E-state index in [2.05, 4.69) is 0 Å². The van der Waals surface area contributed by atoms with E-state index in [1.54, 1.807) is 18.2 Å². The van der Waals surface area contributed by atoms with Crippen LogP contribution in [0.4, 0.5) is 4.39 Å². The van der Waals surface area contributed by atoms with Crippen molar-refractivity contribution in [3.8, 4) is 5.75 Å². The maximum atomic E-state index is 13.1. The SMILES string of the molecule is Cl.NCc1ccc2oc(=O)c(C(=O)Oc3cccc(F)c3)cc2c1. The lowest BCUT2D eigenvalue weighted by atomic mass is 10.1. The van der Waals surface area contributed by atoms with Crippen LogP contribution in [-0.2, 0) is 6.54 Å². The third-order valence-corrected chi connectivity index (χ3v) is 3.26. The second-order valence-corrected chi connectivity index (χ2v) is 4.87. The highest BCUT2D eigenvalue weighted by atomic mass is 35.5. The number of fused-ring (bicyclic) bond motifs is 1. The molecule has 0 saturated carbocycles. The van der Waals surface area contributed by atoms with Gasteiger partial charge >= 0.3 is 11.6 Å². The van der Waals surface area contributed by atoms with Crippen LogP contribution in [0.25, 0.3) is 11.0 Å². The van der Waals surface area contributed by atoms with Crippen molar-refractivity contribution < 1.29 is 18.3 Å². The maximum absolute atomic E-state index is 13.1. The van der Waals surface area contributed by atoms with Crippen molar-refractivity contribution in [2.75, 3.05) is 0 Å². The van der Waals surface area contributed by atoms with Gasteiger partial charge in [-0.3, -0.25) is 0 Å². The van der Waals surface area contributed by atoms with Gasteiger partial charge in [0.2, 0.25) is 0 Å². The Labute approximate surface area is 142 Å². The van der Waals surface area contributed by atoms with E-state index in [0.717, 1.165) is 11.6 Å². The number of halogens is 2. The Hall–Kier alpha value is -2.70. The molecular weight excluding hydrogens is 337 g/mol. The second kappa shape index (κ2) is 7.25. The van der Waals surface area contributed by atoms with E-state index in [1.807, 2.05) is 0 Å². The number of hydrogen-bond acceptors (Lipinski definition) is 5. The quantitative estimate of drug-likeness (QED) is 0.446. The minimum atomic E-state index is -0.913. The summed E-state index contributed by atoms with van der Waals surface area (Å²) >= 11 is 0. The van der Waals surface area contributed by atoms with Crippen molar-refractivity contribution in [1.29, 1.82) is 0 Å². The normalized spacial score (nSPS) is 10.2. The largest absolute Gasteiger partial charge is 0.423 e. The van der Waals surface area contributed by atoms with Gasteiger partial charge < -0.3 is 14.9 Å². The molecule has 24 heavy (non-hydrogen) atoms. The van der Waals surface area contributed by atoms with Gasteiger partial charge in [0, 0.05) is 18.0 Å². The molecule has 124 valence electrons. The minimum Gasteiger partial charge on any atom is -0.423 e. The Morgan fingerprint density at radius 3 is 2.67 bits per heavy atom. The molecule has 2 aromatic carbocycles. The van der Waals surface area contributed by atoms with Gasteiger partial charge in [0.15, 0.2) is 0 Å². The molecule has 0 radical (unpaired) electrons. The zero-order valence-electron chi connectivity index (χ0n) is 12.3. The summed E-state index contributed by atoms with van der Waals surface area (Å²) in [5, 5.41) is 0.554. The van der Waals surface area contributed by atoms with Crippen LogP contribution in [0.15, 0.2) is 57.7 Å². The van der Waals surface area contributed by atoms with Gasteiger partial charge in [-0.05, 0) is 35.9 Å². The van der Waals surface area contributed by atoms with E-state index < -0.39 is 17.4 Å². The summed E-state index contributed by atoms with van der Waals surface area (Å²) in [6, 6.07) is 11.5. The molecule has 0 bridgehead atoms. The first-order chi connectivity index (χ1) is 11.1. The van der Waals surface area contributed by atoms with Crippen LogP contribution in [-0.4, -0.2) is 5.97 Å². The molecule has 1 aromatic heterocycles. The van der Waals surface area contributed by atoms with Gasteiger partial charge in [-0.1, -0.05) is 12.1 Å². The number of carbonyl (C=O) groups is 1. The molecule has 1 heterocycles. The summed E-state index contributed by atoms with van der Waals surface area (Å²) < 4.78 is 23.2. The highest BCUT2D eigenvalue weighted by Gasteiger charge is 2.16. The smallest absolute Gasteiger partial charge is 0.351 e. The third kappa shape index (κ3) is 3.61. The fraction of sp³-hybridized carbons (Fsp3) is 0.0588. The molecule has 0 spiro atoms. The summed E-state index contributed by atoms with van der Waals surface area (Å²) in [4.78, 5) is 24.0. The molecule has 0 aliphatic carbocycles. The number of ether oxygens (including phenoxy) is 1. The summed E-state index contributed by atoms with van der Waals surface area (Å²) in [5.74, 6) is -1.46. The molecule has 3 aromatic rings. The van der Waals surface area contributed by atoms with Crippen LogP contribution in [0.2, 0.25) is 0 Å². The summed E-state index contributed by atoms with van der Waals surface area (Å²) in [5.41, 5.74) is 5.65. The molecule has 3 rings (SSSR count). The van der Waals surface area contributed by atoms with Crippen molar-refractivity contribution in [2.45, 2.75) is 6.54 Å². The molecule has 0 aliphatic rings. The van der Waals surface area contributed by atoms with Crippen molar-refractivity contribution in [3.05, 3.63) is 75.9 Å². The van der Waals surface area contributed by atoms with Crippen molar-refractivity contribution in [2.24, 2.45) is 5.73 Å². The Kier molecular flexibility index (Phi) is 5.33. The van der Waals surface area contributed by atoms with E-state index in [0.29, 0.717) is 17.5 Å². The molecule has 0 unspecified atom stereocenters. The summed E-state index contributed by atoms with van der Waals surface area (Å²) in [6.07, 6.45) is 0. The summed E-state index contributed by atoms with van der Waals surface area (Å²) in [6.45, 7) is 0.318. The van der Waals surface area contributed by atoms with Gasteiger partial charge in [0.05, 0.1) is 0 Å². The van der Waals surface area contributed by atoms with E-state index in [9.17, 15) is 14.0 Å². The lowest BCUT2D eigenvalue weighted by Crippen LogP contribution is -2.18. The van der Waals surface area contributed by atoms with Crippen LogP contribution in [0.1, 0.15) is 15.9 Å². The Morgan fingerprint density at radius 1 is 1.17 bits per heavy atom. The number of nitrogens with two attached hydrogens (primary N) is 1. The average molecular weight is 350 g/mol. The number of esters is 1. The van der Waals surface area contributed by atoms with E-state index in [1.165, 1.54) is 24.3 Å². The zero-order valence-corrected chi connectivity index (χ0v) is 13.1. The topological polar surface area (TPSA) is 82.5 Å². The fourth-order valence-corrected chi connectivity index (χ4v) is 2.13. The van der Waals surface area contributed by atoms with Crippen molar-refractivity contribution in [3.63, 3.8) is 0 Å². The predicted octanol–water partition coefficient (Wildman–Crippen LogP) is 3.03. The van der Waals surface area contributed by atoms with Gasteiger partial charge in [0.1, 0.15) is 22.7 Å². The van der Waals surface area contributed by atoms with E-state index >= 15 is 0 Å². The van der Waals surface area contributed by atoms with Crippen molar-refractivity contribution in [1.82, 2.24) is 0 Å². The molecule has 0 atom stereocenters. The van der Waals surface area contributed by atoms with Crippen LogP contribution < -0.4 is 16.1 Å². The van der Waals surface area contributed by atoms with E-state index in [4.69, 9.17) is 14.9 Å². The number of carbonyl (C=O) groups excluding carboxylic acids is 1. The Bertz CT molecular complexity index is 955. The van der Waals surface area contributed by atoms with Crippen LogP contribution in [0, 0.1) is 5.82 Å². The van der Waals surface area contributed by atoms with Crippen LogP contribution in [0.3, 0.4) is 0 Å². The Balaban J connectivity index is 0.00000208. The predicted molar refractivity (Wildman–Crippen MR) is 89.0 cm³/mol. The molecule has 5 nitrogen and oxygen atoms in total. The average Bonchev–Trinajstić information content (AvgIpc) is 2.53. The number of hydrogen-bond donors (Lipinski definition) is 1. The standard InChI is InChI=1S/C17H12FNO4.ClH/c18-12-2-1-3-13(8-12)22-16(20)14-7-11-6-10(9-19)4-5-15(11)23-17(14)21;/h1-8H,9,19H2;1H. The molecule has 0 fully saturated rings. The van der Waals surface area contributed by atoms with Gasteiger partial charge in [-0.15, -0.1) is 12.4 Å². The second-order valence-electron chi connectivity index (χ2n) is 4.87. The van der Waals surface area contributed by atoms with Gasteiger partial charge in [-0.2, -0.15) is 0 Å². The van der Waals surface area contributed by atoms with Gasteiger partial charge in [-0.25, -0.2) is 14.0 Å². The molecule has 0 saturated heterocycles. The van der Waals surface area contributed by atoms with Crippen LogP contribution >= 0.6 is 12.4 Å². The number of benzene rings is 2. The van der Waals surface area contributed by atoms with Crippen molar-refractivity contribution >= 4 is 29.3 Å². The van der Waals surface area contributed by atoms with Gasteiger partial charge in [0.25, 0.3) is 0 Å². The molecular formula is C17H13ClFNO4. The van der Waals surface area contributed by atoms with E-state index in [-0.39, 0.29) is 23.7 Å². The lowest BCUT2D eigenvalue weighted by molar-refractivity contribution is 0.0730. The highest BCUT2D eigenvalue weighted by Crippen LogP contribution is 2.18. The first-order valence-corrected chi connectivity index (χ1v) is 6.81. The molecule has 7 heteroatoms. The summed E-state index contributed by atoms with van der Waals surface area (Å²) in [7, 11) is 0. The lowest BCUT2D eigenvalue weighted by Gasteiger charge is -2.05. The fourth-order valence-electron chi connectivity index (χ4n) is 2.13. The highest BCUT2D eigenvalue weighted by molar-refractivity contribution is 5.94. The van der Waals surface area contributed by atoms with Crippen LogP contribution in [0.5, 0.6) is 5.75 Å². The first kappa shape index (κ1) is 17.7. The third-order valence-electron chi connectivity index (χ3n) is 3.26. The number of rotatable bonds is 3. The monoisotopic (exact) mass is 349 g/mol.